The summed E-state index contributed by atoms with van der Waals surface area (Å²) in [6.07, 6.45) is 1.90. The number of para-hydroxylation sites is 1. The molecule has 0 spiro atoms. The van der Waals surface area contributed by atoms with E-state index in [4.69, 9.17) is 4.98 Å². The molecule has 4 heterocycles. The summed E-state index contributed by atoms with van der Waals surface area (Å²) in [4.78, 5) is 35.7. The van der Waals surface area contributed by atoms with Crippen molar-refractivity contribution in [3.05, 3.63) is 76.2 Å². The Morgan fingerprint density at radius 3 is 2.53 bits per heavy atom. The quantitative estimate of drug-likeness (QED) is 0.399. The number of rotatable bonds is 4. The third kappa shape index (κ3) is 3.97. The van der Waals surface area contributed by atoms with Crippen molar-refractivity contribution in [3.63, 3.8) is 0 Å². The van der Waals surface area contributed by atoms with Crippen LogP contribution in [-0.4, -0.2) is 62.1 Å². The molecule has 1 atom stereocenters. The molecule has 1 amide bonds. The second kappa shape index (κ2) is 9.13. The van der Waals surface area contributed by atoms with Crippen molar-refractivity contribution < 1.29 is 4.79 Å². The standard InChI is InChI=1S/C27H28N6O2S/c1-18-8-9-21(14-19(18)2)33-25-23(16-28-33)26(35)32-22(17-36-27(32)29-25)15-24(34)31-12-10-30(11-13-31)20-6-4-3-5-7-20/h3-9,14,16,22H,10-13,15,17H2,1-2H3. The number of thioether (sulfide) groups is 1. The second-order valence-corrected chi connectivity index (χ2v) is 10.5. The minimum absolute atomic E-state index is 0.0963. The van der Waals surface area contributed by atoms with Crippen LogP contribution in [0.5, 0.6) is 0 Å². The molecule has 9 heteroatoms. The van der Waals surface area contributed by atoms with Gasteiger partial charge in [-0.2, -0.15) is 5.10 Å². The Morgan fingerprint density at radius 2 is 1.78 bits per heavy atom. The van der Waals surface area contributed by atoms with Gasteiger partial charge in [-0.1, -0.05) is 36.0 Å². The normalized spacial score (nSPS) is 17.6. The fourth-order valence-corrected chi connectivity index (χ4v) is 6.14. The van der Waals surface area contributed by atoms with E-state index in [1.165, 1.54) is 23.0 Å². The highest BCUT2D eigenvalue weighted by molar-refractivity contribution is 7.99. The van der Waals surface area contributed by atoms with E-state index in [0.29, 0.717) is 41.5 Å². The zero-order chi connectivity index (χ0) is 24.8. The van der Waals surface area contributed by atoms with E-state index in [9.17, 15) is 9.59 Å². The number of amides is 1. The molecular weight excluding hydrogens is 472 g/mol. The van der Waals surface area contributed by atoms with Gasteiger partial charge in [0.1, 0.15) is 5.39 Å². The molecule has 0 N–H and O–H groups in total. The van der Waals surface area contributed by atoms with Crippen molar-refractivity contribution in [2.24, 2.45) is 0 Å². The monoisotopic (exact) mass is 500 g/mol. The lowest BCUT2D eigenvalue weighted by atomic mass is 10.1. The number of benzene rings is 2. The third-order valence-electron chi connectivity index (χ3n) is 7.27. The molecule has 2 aliphatic rings. The first-order valence-corrected chi connectivity index (χ1v) is 13.3. The van der Waals surface area contributed by atoms with E-state index < -0.39 is 0 Å². The smallest absolute Gasteiger partial charge is 0.265 e. The van der Waals surface area contributed by atoms with Gasteiger partial charge in [-0.05, 0) is 49.2 Å². The van der Waals surface area contributed by atoms with E-state index in [1.54, 1.807) is 15.4 Å². The average molecular weight is 501 g/mol. The molecular formula is C27H28N6O2S. The molecule has 8 nitrogen and oxygen atoms in total. The summed E-state index contributed by atoms with van der Waals surface area (Å²) in [5.41, 5.74) is 4.87. The van der Waals surface area contributed by atoms with Crippen molar-refractivity contribution in [1.82, 2.24) is 24.2 Å². The summed E-state index contributed by atoms with van der Waals surface area (Å²) in [5, 5.41) is 5.62. The Morgan fingerprint density at radius 1 is 1.00 bits per heavy atom. The highest BCUT2D eigenvalue weighted by Gasteiger charge is 2.31. The summed E-state index contributed by atoms with van der Waals surface area (Å²) in [5.74, 6) is 0.765. The lowest BCUT2D eigenvalue weighted by Gasteiger charge is -2.36. The first-order valence-electron chi connectivity index (χ1n) is 12.3. The van der Waals surface area contributed by atoms with Crippen LogP contribution in [0.2, 0.25) is 0 Å². The molecule has 2 aromatic carbocycles. The van der Waals surface area contributed by atoms with Crippen LogP contribution >= 0.6 is 11.8 Å². The Balaban J connectivity index is 1.20. The van der Waals surface area contributed by atoms with Crippen LogP contribution in [0.3, 0.4) is 0 Å². The summed E-state index contributed by atoms with van der Waals surface area (Å²) in [6, 6.07) is 16.2. The molecule has 1 saturated heterocycles. The number of aromatic nitrogens is 4. The predicted octanol–water partition coefficient (Wildman–Crippen LogP) is 3.58. The molecule has 184 valence electrons. The van der Waals surface area contributed by atoms with Gasteiger partial charge < -0.3 is 9.80 Å². The van der Waals surface area contributed by atoms with E-state index in [1.807, 2.05) is 29.2 Å². The van der Waals surface area contributed by atoms with Crippen LogP contribution in [-0.2, 0) is 4.79 Å². The van der Waals surface area contributed by atoms with E-state index in [2.05, 4.69) is 48.1 Å². The lowest BCUT2D eigenvalue weighted by molar-refractivity contribution is -0.132. The first-order chi connectivity index (χ1) is 17.5. The number of piperazine rings is 1. The van der Waals surface area contributed by atoms with Gasteiger partial charge in [-0.25, -0.2) is 9.67 Å². The summed E-state index contributed by atoms with van der Waals surface area (Å²) < 4.78 is 3.44. The van der Waals surface area contributed by atoms with Gasteiger partial charge in [0.05, 0.1) is 17.9 Å². The molecule has 2 aliphatic heterocycles. The minimum atomic E-state index is -0.195. The van der Waals surface area contributed by atoms with Crippen LogP contribution < -0.4 is 10.5 Å². The maximum absolute atomic E-state index is 13.5. The first kappa shape index (κ1) is 22.8. The number of aryl methyl sites for hydroxylation is 2. The van der Waals surface area contributed by atoms with Crippen LogP contribution in [0, 0.1) is 13.8 Å². The fourth-order valence-electron chi connectivity index (χ4n) is 5.01. The van der Waals surface area contributed by atoms with Gasteiger partial charge in [0.2, 0.25) is 5.91 Å². The van der Waals surface area contributed by atoms with Crippen molar-refractivity contribution in [3.8, 4) is 5.69 Å². The molecule has 36 heavy (non-hydrogen) atoms. The highest BCUT2D eigenvalue weighted by atomic mass is 32.2. The number of carbonyl (C=O) groups is 1. The third-order valence-corrected chi connectivity index (χ3v) is 8.37. The molecule has 1 unspecified atom stereocenters. The van der Waals surface area contributed by atoms with Crippen molar-refractivity contribution in [2.75, 3.05) is 36.8 Å². The zero-order valence-electron chi connectivity index (χ0n) is 20.4. The van der Waals surface area contributed by atoms with Gasteiger partial charge in [-0.15, -0.1) is 0 Å². The van der Waals surface area contributed by atoms with E-state index in [-0.39, 0.29) is 17.5 Å². The number of anilines is 1. The number of hydrogen-bond acceptors (Lipinski definition) is 6. The maximum Gasteiger partial charge on any atom is 0.265 e. The van der Waals surface area contributed by atoms with E-state index in [0.717, 1.165) is 24.3 Å². The lowest BCUT2D eigenvalue weighted by Crippen LogP contribution is -2.49. The second-order valence-electron chi connectivity index (χ2n) is 9.50. The largest absolute Gasteiger partial charge is 0.368 e. The number of nitrogens with zero attached hydrogens (tertiary/aromatic N) is 6. The maximum atomic E-state index is 13.5. The topological polar surface area (TPSA) is 76.3 Å². The molecule has 0 saturated carbocycles. The van der Waals surface area contributed by atoms with Crippen molar-refractivity contribution in [1.29, 1.82) is 0 Å². The molecule has 6 rings (SSSR count). The summed E-state index contributed by atoms with van der Waals surface area (Å²) in [7, 11) is 0. The van der Waals surface area contributed by atoms with Crippen LogP contribution in [0.4, 0.5) is 5.69 Å². The van der Waals surface area contributed by atoms with Crippen LogP contribution in [0.1, 0.15) is 23.6 Å². The van der Waals surface area contributed by atoms with Gasteiger partial charge in [0, 0.05) is 44.0 Å². The number of fused-ring (bicyclic) bond motifs is 2. The molecule has 2 aromatic heterocycles. The Hall–Kier alpha value is -3.59. The zero-order valence-corrected chi connectivity index (χ0v) is 21.2. The molecule has 0 bridgehead atoms. The molecule has 4 aromatic rings. The summed E-state index contributed by atoms with van der Waals surface area (Å²) in [6.45, 7) is 7.13. The van der Waals surface area contributed by atoms with Gasteiger partial charge >= 0.3 is 0 Å². The van der Waals surface area contributed by atoms with Crippen LogP contribution in [0.25, 0.3) is 16.7 Å². The molecule has 0 aliphatic carbocycles. The Labute approximate surface area is 213 Å². The Kier molecular flexibility index (Phi) is 5.79. The van der Waals surface area contributed by atoms with Gasteiger partial charge in [-0.3, -0.25) is 14.2 Å². The van der Waals surface area contributed by atoms with E-state index >= 15 is 0 Å². The van der Waals surface area contributed by atoms with Crippen LogP contribution in [0.15, 0.2) is 64.7 Å². The van der Waals surface area contributed by atoms with Crippen molar-refractivity contribution in [2.45, 2.75) is 31.5 Å². The van der Waals surface area contributed by atoms with Crippen molar-refractivity contribution >= 4 is 34.4 Å². The molecule has 1 fully saturated rings. The number of carbonyl (C=O) groups excluding carboxylic acids is 1. The fraction of sp³-hybridized carbons (Fsp3) is 0.333. The average Bonchev–Trinajstić information content (AvgIpc) is 3.51. The SMILES string of the molecule is Cc1ccc(-n2ncc3c(=O)n4c(nc32)SCC4CC(=O)N2CCN(c3ccccc3)CC2)cc1C. The number of hydrogen-bond donors (Lipinski definition) is 0. The summed E-state index contributed by atoms with van der Waals surface area (Å²) >= 11 is 1.54. The predicted molar refractivity (Wildman–Crippen MR) is 142 cm³/mol. The highest BCUT2D eigenvalue weighted by Crippen LogP contribution is 2.34. The van der Waals surface area contributed by atoms with Gasteiger partial charge in [0.15, 0.2) is 10.8 Å². The van der Waals surface area contributed by atoms with Gasteiger partial charge in [0.25, 0.3) is 5.56 Å². The minimum Gasteiger partial charge on any atom is -0.368 e. The Bertz CT molecular complexity index is 1500. The molecule has 0 radical (unpaired) electrons.